The van der Waals surface area contributed by atoms with Crippen LogP contribution < -0.4 is 5.43 Å². The first-order chi connectivity index (χ1) is 14.1. The van der Waals surface area contributed by atoms with Crippen molar-refractivity contribution in [3.8, 4) is 11.5 Å². The third-order valence-corrected chi connectivity index (χ3v) is 4.46. The number of amides is 1. The average Bonchev–Trinajstić information content (AvgIpc) is 3.11. The van der Waals surface area contributed by atoms with Gasteiger partial charge in [0.25, 0.3) is 5.91 Å². The van der Waals surface area contributed by atoms with E-state index in [4.69, 9.17) is 0 Å². The second-order valence-corrected chi connectivity index (χ2v) is 6.46. The van der Waals surface area contributed by atoms with Gasteiger partial charge < -0.3 is 4.57 Å². The Morgan fingerprint density at radius 2 is 1.83 bits per heavy atom. The molecule has 0 saturated carbocycles. The first kappa shape index (κ1) is 18.5. The number of carbonyl (C=O) groups is 1. The highest BCUT2D eigenvalue weighted by atomic mass is 19.1. The number of hydrogen-bond donors (Lipinski definition) is 1. The number of pyridine rings is 1. The van der Waals surface area contributed by atoms with Crippen LogP contribution in [0.3, 0.4) is 0 Å². The molecule has 0 aliphatic heterocycles. The smallest absolute Gasteiger partial charge is 0.260 e. The Balaban J connectivity index is 1.59. The predicted molar refractivity (Wildman–Crippen MR) is 110 cm³/mol. The van der Waals surface area contributed by atoms with Gasteiger partial charge >= 0.3 is 0 Å². The molecule has 4 aromatic rings. The van der Waals surface area contributed by atoms with Crippen LogP contribution in [0.5, 0.6) is 0 Å². The Bertz CT molecular complexity index is 1180. The van der Waals surface area contributed by atoms with Gasteiger partial charge in [0, 0.05) is 6.20 Å². The van der Waals surface area contributed by atoms with Gasteiger partial charge in [-0.25, -0.2) is 14.8 Å². The molecule has 0 saturated heterocycles. The molecular formula is C22H18FN5O. The van der Waals surface area contributed by atoms with Crippen LogP contribution in [0.15, 0.2) is 78.0 Å². The highest BCUT2D eigenvalue weighted by Gasteiger charge is 2.15. The van der Waals surface area contributed by atoms with Crippen LogP contribution in [0.25, 0.3) is 22.6 Å². The minimum Gasteiger partial charge on any atom is -0.313 e. The molecule has 7 heteroatoms. The highest BCUT2D eigenvalue weighted by Crippen LogP contribution is 2.23. The highest BCUT2D eigenvalue weighted by molar-refractivity contribution is 5.99. The summed E-state index contributed by atoms with van der Waals surface area (Å²) in [5.74, 6) is -0.00685. The van der Waals surface area contributed by atoms with Crippen LogP contribution in [0, 0.1) is 5.82 Å². The molecule has 0 aliphatic rings. The SMILES string of the molecule is C/C(=N/NC(=O)Cn1c(-c2ccccn2)nc2ccccc21)c1ccc(F)cc1. The fraction of sp³-hybridized carbons (Fsp3) is 0.0909. The quantitative estimate of drug-likeness (QED) is 0.418. The van der Waals surface area contributed by atoms with Gasteiger partial charge in [-0.15, -0.1) is 0 Å². The van der Waals surface area contributed by atoms with Gasteiger partial charge in [0.05, 0.1) is 16.7 Å². The van der Waals surface area contributed by atoms with E-state index in [-0.39, 0.29) is 18.3 Å². The molecule has 0 fully saturated rings. The molecule has 29 heavy (non-hydrogen) atoms. The Kier molecular flexibility index (Phi) is 5.11. The first-order valence-electron chi connectivity index (χ1n) is 9.07. The molecule has 2 heterocycles. The van der Waals surface area contributed by atoms with E-state index in [1.54, 1.807) is 25.3 Å². The number of fused-ring (bicyclic) bond motifs is 1. The lowest BCUT2D eigenvalue weighted by molar-refractivity contribution is -0.121. The number of carbonyl (C=O) groups excluding carboxylic acids is 1. The van der Waals surface area contributed by atoms with Gasteiger partial charge in [-0.05, 0) is 48.9 Å². The number of halogens is 1. The van der Waals surface area contributed by atoms with Crippen molar-refractivity contribution < 1.29 is 9.18 Å². The summed E-state index contributed by atoms with van der Waals surface area (Å²) < 4.78 is 14.9. The van der Waals surface area contributed by atoms with Crippen molar-refractivity contribution in [2.45, 2.75) is 13.5 Å². The number of para-hydroxylation sites is 2. The lowest BCUT2D eigenvalue weighted by Crippen LogP contribution is -2.24. The molecule has 0 spiro atoms. The van der Waals surface area contributed by atoms with Crippen LogP contribution in [0.4, 0.5) is 4.39 Å². The van der Waals surface area contributed by atoms with Gasteiger partial charge in [-0.2, -0.15) is 5.10 Å². The van der Waals surface area contributed by atoms with Gasteiger partial charge in [0.15, 0.2) is 5.82 Å². The van der Waals surface area contributed by atoms with Crippen LogP contribution in [-0.2, 0) is 11.3 Å². The maximum Gasteiger partial charge on any atom is 0.260 e. The molecule has 2 aromatic heterocycles. The molecule has 6 nitrogen and oxygen atoms in total. The molecule has 4 rings (SSSR count). The van der Waals surface area contributed by atoms with E-state index in [0.717, 1.165) is 16.6 Å². The van der Waals surface area contributed by atoms with E-state index in [2.05, 4.69) is 20.5 Å². The summed E-state index contributed by atoms with van der Waals surface area (Å²) in [6.45, 7) is 1.78. The summed E-state index contributed by atoms with van der Waals surface area (Å²) in [7, 11) is 0. The van der Waals surface area contributed by atoms with E-state index < -0.39 is 0 Å². The minimum atomic E-state index is -0.320. The monoisotopic (exact) mass is 387 g/mol. The van der Waals surface area contributed by atoms with Gasteiger partial charge in [0.1, 0.15) is 18.1 Å². The zero-order chi connectivity index (χ0) is 20.2. The van der Waals surface area contributed by atoms with Crippen molar-refractivity contribution in [3.05, 3.63) is 84.3 Å². The molecule has 0 bridgehead atoms. The molecular weight excluding hydrogens is 369 g/mol. The Labute approximate surface area is 166 Å². The van der Waals surface area contributed by atoms with Gasteiger partial charge in [-0.3, -0.25) is 9.78 Å². The minimum absolute atomic E-state index is 0.0343. The van der Waals surface area contributed by atoms with Crippen LogP contribution >= 0.6 is 0 Å². The number of hydrogen-bond acceptors (Lipinski definition) is 4. The number of benzene rings is 2. The van der Waals surface area contributed by atoms with Crippen molar-refractivity contribution in [1.82, 2.24) is 20.0 Å². The fourth-order valence-electron chi connectivity index (χ4n) is 3.01. The van der Waals surface area contributed by atoms with Crippen molar-refractivity contribution in [3.63, 3.8) is 0 Å². The Morgan fingerprint density at radius 3 is 2.59 bits per heavy atom. The maximum atomic E-state index is 13.1. The number of nitrogens with one attached hydrogen (secondary N) is 1. The molecule has 0 aliphatic carbocycles. The molecule has 144 valence electrons. The third-order valence-electron chi connectivity index (χ3n) is 4.46. The summed E-state index contributed by atoms with van der Waals surface area (Å²) >= 11 is 0. The molecule has 1 amide bonds. The first-order valence-corrected chi connectivity index (χ1v) is 9.07. The van der Waals surface area contributed by atoms with Crippen LogP contribution in [0.2, 0.25) is 0 Å². The van der Waals surface area contributed by atoms with E-state index in [9.17, 15) is 9.18 Å². The fourth-order valence-corrected chi connectivity index (χ4v) is 3.01. The number of nitrogens with zero attached hydrogens (tertiary/aromatic N) is 4. The zero-order valence-corrected chi connectivity index (χ0v) is 15.7. The van der Waals surface area contributed by atoms with Crippen LogP contribution in [-0.4, -0.2) is 26.2 Å². The second kappa shape index (κ2) is 8.02. The van der Waals surface area contributed by atoms with E-state index >= 15 is 0 Å². The average molecular weight is 387 g/mol. The van der Waals surface area contributed by atoms with Gasteiger partial charge in [-0.1, -0.05) is 30.3 Å². The summed E-state index contributed by atoms with van der Waals surface area (Å²) in [6, 6.07) is 19.1. The lowest BCUT2D eigenvalue weighted by Gasteiger charge is -2.08. The third kappa shape index (κ3) is 4.03. The topological polar surface area (TPSA) is 72.2 Å². The molecule has 1 N–H and O–H groups in total. The van der Waals surface area contributed by atoms with E-state index in [1.807, 2.05) is 47.0 Å². The molecule has 0 atom stereocenters. The molecule has 2 aromatic carbocycles. The zero-order valence-electron chi connectivity index (χ0n) is 15.7. The second-order valence-electron chi connectivity index (χ2n) is 6.46. The van der Waals surface area contributed by atoms with E-state index in [0.29, 0.717) is 17.2 Å². The molecule has 0 radical (unpaired) electrons. The van der Waals surface area contributed by atoms with Crippen molar-refractivity contribution in [2.75, 3.05) is 0 Å². The van der Waals surface area contributed by atoms with Crippen LogP contribution in [0.1, 0.15) is 12.5 Å². The summed E-state index contributed by atoms with van der Waals surface area (Å²) in [6.07, 6.45) is 1.69. The van der Waals surface area contributed by atoms with Crippen molar-refractivity contribution in [1.29, 1.82) is 0 Å². The summed E-state index contributed by atoms with van der Waals surface area (Å²) in [5, 5.41) is 4.13. The largest absolute Gasteiger partial charge is 0.313 e. The number of imidazole rings is 1. The standard InChI is InChI=1S/C22H18FN5O/c1-15(16-9-11-17(23)12-10-16)26-27-21(29)14-28-20-8-3-2-6-18(20)25-22(28)19-7-4-5-13-24-19/h2-13H,14H2,1H3,(H,27,29)/b26-15-. The van der Waals surface area contributed by atoms with Crippen molar-refractivity contribution in [2.24, 2.45) is 5.10 Å². The van der Waals surface area contributed by atoms with Crippen molar-refractivity contribution >= 4 is 22.7 Å². The summed E-state index contributed by atoms with van der Waals surface area (Å²) in [4.78, 5) is 21.6. The summed E-state index contributed by atoms with van der Waals surface area (Å²) in [5.41, 5.74) is 6.18. The van der Waals surface area contributed by atoms with Gasteiger partial charge in [0.2, 0.25) is 0 Å². The number of hydrazone groups is 1. The Morgan fingerprint density at radius 1 is 1.07 bits per heavy atom. The molecule has 0 unspecified atom stereocenters. The number of aromatic nitrogens is 3. The Hall–Kier alpha value is -3.87. The predicted octanol–water partition coefficient (Wildman–Crippen LogP) is 3.78. The maximum absolute atomic E-state index is 13.1. The number of rotatable bonds is 5. The lowest BCUT2D eigenvalue weighted by atomic mass is 10.1. The normalized spacial score (nSPS) is 11.6. The van der Waals surface area contributed by atoms with E-state index in [1.165, 1.54) is 12.1 Å².